The molecule has 0 bridgehead atoms. The van der Waals surface area contributed by atoms with Crippen LogP contribution in [0.1, 0.15) is 83.1 Å². The molecule has 3 heteroatoms. The van der Waals surface area contributed by atoms with Gasteiger partial charge in [0.25, 0.3) is 0 Å². The molecular weight excluding hydrogens is 396 g/mol. The Bertz CT molecular complexity index is 872. The summed E-state index contributed by atoms with van der Waals surface area (Å²) in [7, 11) is 0. The number of carbonyl (C=O) groups excluding carboxylic acids is 2. The Hall–Kier alpha value is -1.90. The fourth-order valence-electron chi connectivity index (χ4n) is 8.16. The maximum Gasteiger partial charge on any atom is 0.306 e. The van der Waals surface area contributed by atoms with E-state index in [4.69, 9.17) is 4.74 Å². The van der Waals surface area contributed by atoms with Crippen LogP contribution in [0.5, 0.6) is 0 Å². The minimum absolute atomic E-state index is 0.0169. The van der Waals surface area contributed by atoms with Gasteiger partial charge in [0.2, 0.25) is 0 Å². The topological polar surface area (TPSA) is 43.4 Å². The van der Waals surface area contributed by atoms with Crippen LogP contribution in [-0.4, -0.2) is 17.9 Å². The molecule has 4 aliphatic rings. The minimum atomic E-state index is -0.0169. The van der Waals surface area contributed by atoms with Crippen LogP contribution in [0.15, 0.2) is 42.0 Å². The molecule has 6 atom stereocenters. The van der Waals surface area contributed by atoms with Crippen molar-refractivity contribution in [1.29, 1.82) is 0 Å². The standard InChI is InChI=1S/C29H38O3/c1-2-17-29-18-16-24-23-12-10-22(30)19-21(23)9-11-25(24)26(29)13-14-27(29)32-28(31)15-8-20-6-4-3-5-7-20/h3-7,19,23-27H,2,8-18H2,1H3/t23-,24+,25+,26-,27-,29-/m0/s1. The number of esters is 1. The second kappa shape index (κ2) is 9.15. The summed E-state index contributed by atoms with van der Waals surface area (Å²) in [6.07, 6.45) is 14.5. The monoisotopic (exact) mass is 434 g/mol. The molecule has 0 N–H and O–H groups in total. The highest BCUT2D eigenvalue weighted by molar-refractivity contribution is 5.91. The van der Waals surface area contributed by atoms with Crippen molar-refractivity contribution in [3.63, 3.8) is 0 Å². The lowest BCUT2D eigenvalue weighted by atomic mass is 9.51. The van der Waals surface area contributed by atoms with Crippen LogP contribution in [0.25, 0.3) is 0 Å². The van der Waals surface area contributed by atoms with E-state index < -0.39 is 0 Å². The first kappa shape index (κ1) is 21.9. The predicted molar refractivity (Wildman–Crippen MR) is 126 cm³/mol. The first-order valence-electron chi connectivity index (χ1n) is 13.1. The van der Waals surface area contributed by atoms with Gasteiger partial charge in [-0.15, -0.1) is 0 Å². The average Bonchev–Trinajstić information content (AvgIpc) is 3.16. The third-order valence-electron chi connectivity index (χ3n) is 9.39. The molecule has 0 radical (unpaired) electrons. The van der Waals surface area contributed by atoms with Crippen molar-refractivity contribution in [2.45, 2.75) is 90.1 Å². The molecule has 0 saturated heterocycles. The SMILES string of the molecule is CCC[C@]12CC[C@H]3[C@@H](CCC4=CC(=O)CC[C@@H]43)[C@@H]1CC[C@@H]2OC(=O)CCc1ccccc1. The summed E-state index contributed by atoms with van der Waals surface area (Å²) < 4.78 is 6.26. The molecule has 0 aromatic heterocycles. The summed E-state index contributed by atoms with van der Waals surface area (Å²) in [6, 6.07) is 10.3. The van der Waals surface area contributed by atoms with Crippen LogP contribution >= 0.6 is 0 Å². The summed E-state index contributed by atoms with van der Waals surface area (Å²) >= 11 is 0. The van der Waals surface area contributed by atoms with Crippen molar-refractivity contribution < 1.29 is 14.3 Å². The van der Waals surface area contributed by atoms with E-state index in [9.17, 15) is 9.59 Å². The van der Waals surface area contributed by atoms with Gasteiger partial charge in [-0.25, -0.2) is 0 Å². The number of ketones is 1. The van der Waals surface area contributed by atoms with E-state index in [0.717, 1.165) is 50.4 Å². The van der Waals surface area contributed by atoms with Crippen molar-refractivity contribution in [2.75, 3.05) is 0 Å². The van der Waals surface area contributed by atoms with E-state index in [0.29, 0.717) is 24.0 Å². The Morgan fingerprint density at radius 3 is 2.69 bits per heavy atom. The fourth-order valence-corrected chi connectivity index (χ4v) is 8.16. The number of aryl methyl sites for hydroxylation is 1. The van der Waals surface area contributed by atoms with Gasteiger partial charge in [-0.05, 0) is 93.1 Å². The first-order chi connectivity index (χ1) is 15.6. The Labute approximate surface area is 193 Å². The summed E-state index contributed by atoms with van der Waals surface area (Å²) in [4.78, 5) is 24.8. The first-order valence-corrected chi connectivity index (χ1v) is 13.1. The van der Waals surface area contributed by atoms with Gasteiger partial charge in [0.1, 0.15) is 6.10 Å². The Kier molecular flexibility index (Phi) is 6.27. The summed E-state index contributed by atoms with van der Waals surface area (Å²) in [5.74, 6) is 3.14. The van der Waals surface area contributed by atoms with Gasteiger partial charge in [0.05, 0.1) is 0 Å². The van der Waals surface area contributed by atoms with Crippen LogP contribution < -0.4 is 0 Å². The zero-order valence-corrected chi connectivity index (χ0v) is 19.6. The highest BCUT2D eigenvalue weighted by Crippen LogP contribution is 2.64. The van der Waals surface area contributed by atoms with Crippen molar-refractivity contribution in [3.05, 3.63) is 47.5 Å². The third-order valence-corrected chi connectivity index (χ3v) is 9.39. The van der Waals surface area contributed by atoms with Crippen molar-refractivity contribution in [3.8, 4) is 0 Å². The number of hydrogen-bond donors (Lipinski definition) is 0. The Balaban J connectivity index is 1.29. The third kappa shape index (κ3) is 3.97. The molecule has 32 heavy (non-hydrogen) atoms. The lowest BCUT2D eigenvalue weighted by Crippen LogP contribution is -2.49. The van der Waals surface area contributed by atoms with Gasteiger partial charge in [0.15, 0.2) is 5.78 Å². The number of rotatable bonds is 6. The van der Waals surface area contributed by atoms with Crippen molar-refractivity contribution in [2.24, 2.45) is 29.1 Å². The molecule has 4 aliphatic carbocycles. The molecule has 0 spiro atoms. The number of hydrogen-bond acceptors (Lipinski definition) is 3. The lowest BCUT2D eigenvalue weighted by molar-refractivity contribution is -0.161. The van der Waals surface area contributed by atoms with Crippen molar-refractivity contribution in [1.82, 2.24) is 0 Å². The van der Waals surface area contributed by atoms with E-state index in [2.05, 4.69) is 19.1 Å². The van der Waals surface area contributed by atoms with Crippen LogP contribution in [0.4, 0.5) is 0 Å². The van der Waals surface area contributed by atoms with Crippen LogP contribution in [0.3, 0.4) is 0 Å². The van der Waals surface area contributed by atoms with Crippen LogP contribution in [0, 0.1) is 29.1 Å². The van der Waals surface area contributed by atoms with E-state index in [-0.39, 0.29) is 17.5 Å². The number of allylic oxidation sites excluding steroid dienone is 1. The zero-order valence-electron chi connectivity index (χ0n) is 19.6. The molecule has 1 aromatic rings. The molecule has 3 nitrogen and oxygen atoms in total. The van der Waals surface area contributed by atoms with Gasteiger partial charge in [0, 0.05) is 18.3 Å². The largest absolute Gasteiger partial charge is 0.462 e. The maximum atomic E-state index is 12.8. The highest BCUT2D eigenvalue weighted by Gasteiger charge is 2.59. The smallest absolute Gasteiger partial charge is 0.306 e. The minimum Gasteiger partial charge on any atom is -0.462 e. The average molecular weight is 435 g/mol. The lowest BCUT2D eigenvalue weighted by Gasteiger charge is -2.54. The molecule has 172 valence electrons. The fraction of sp³-hybridized carbons (Fsp3) is 0.655. The molecule has 1 aromatic carbocycles. The Morgan fingerprint density at radius 1 is 1.03 bits per heavy atom. The molecule has 3 saturated carbocycles. The Morgan fingerprint density at radius 2 is 1.88 bits per heavy atom. The maximum absolute atomic E-state index is 12.8. The predicted octanol–water partition coefficient (Wildman–Crippen LogP) is 6.45. The van der Waals surface area contributed by atoms with Gasteiger partial charge in [-0.1, -0.05) is 49.2 Å². The zero-order chi connectivity index (χ0) is 22.1. The number of benzene rings is 1. The molecular formula is C29H38O3. The van der Waals surface area contributed by atoms with Crippen LogP contribution in [0.2, 0.25) is 0 Å². The van der Waals surface area contributed by atoms with Gasteiger partial charge in [-0.3, -0.25) is 9.59 Å². The van der Waals surface area contributed by atoms with E-state index >= 15 is 0 Å². The van der Waals surface area contributed by atoms with Gasteiger partial charge < -0.3 is 4.74 Å². The number of ether oxygens (including phenoxy) is 1. The number of carbonyl (C=O) groups is 2. The molecule has 0 amide bonds. The van der Waals surface area contributed by atoms with Crippen molar-refractivity contribution >= 4 is 11.8 Å². The summed E-state index contributed by atoms with van der Waals surface area (Å²) in [5.41, 5.74) is 2.84. The molecule has 0 unspecified atom stereocenters. The summed E-state index contributed by atoms with van der Waals surface area (Å²) in [5, 5.41) is 0. The normalized spacial score (nSPS) is 36.0. The van der Waals surface area contributed by atoms with Gasteiger partial charge >= 0.3 is 5.97 Å². The molecule has 0 heterocycles. The van der Waals surface area contributed by atoms with E-state index in [1.54, 1.807) is 0 Å². The van der Waals surface area contributed by atoms with Gasteiger partial charge in [-0.2, -0.15) is 0 Å². The second-order valence-corrected chi connectivity index (χ2v) is 10.9. The van der Waals surface area contributed by atoms with Crippen LogP contribution in [-0.2, 0) is 20.7 Å². The van der Waals surface area contributed by atoms with E-state index in [1.165, 1.54) is 43.2 Å². The summed E-state index contributed by atoms with van der Waals surface area (Å²) in [6.45, 7) is 2.29. The second-order valence-electron chi connectivity index (χ2n) is 10.9. The molecule has 3 fully saturated rings. The van der Waals surface area contributed by atoms with E-state index in [1.807, 2.05) is 24.3 Å². The molecule has 0 aliphatic heterocycles. The molecule has 5 rings (SSSR count). The highest BCUT2D eigenvalue weighted by atomic mass is 16.5. The quantitative estimate of drug-likeness (QED) is 0.483. The number of fused-ring (bicyclic) bond motifs is 5.